The molecular formula is C13H22N2O3. The highest BCUT2D eigenvalue weighted by Crippen LogP contribution is 2.38. The minimum atomic E-state index is -0.809. The molecule has 5 nitrogen and oxygen atoms in total. The van der Waals surface area contributed by atoms with Gasteiger partial charge in [-0.2, -0.15) is 0 Å². The van der Waals surface area contributed by atoms with E-state index in [-0.39, 0.29) is 12.1 Å². The van der Waals surface area contributed by atoms with E-state index in [1.807, 2.05) is 0 Å². The first-order valence-electron chi connectivity index (χ1n) is 6.72. The minimum Gasteiger partial charge on any atom is -0.481 e. The number of aliphatic carboxylic acids is 1. The van der Waals surface area contributed by atoms with Crippen LogP contribution in [0.25, 0.3) is 0 Å². The van der Waals surface area contributed by atoms with Crippen molar-refractivity contribution in [3.05, 3.63) is 0 Å². The second kappa shape index (κ2) is 4.78. The maximum absolute atomic E-state index is 12.1. The summed E-state index contributed by atoms with van der Waals surface area (Å²) in [7, 11) is 1.80. The molecule has 0 bridgehead atoms. The summed E-state index contributed by atoms with van der Waals surface area (Å²) in [6.07, 6.45) is 5.56. The molecule has 2 N–H and O–H groups in total. The van der Waals surface area contributed by atoms with Crippen molar-refractivity contribution in [3.8, 4) is 0 Å². The van der Waals surface area contributed by atoms with Crippen molar-refractivity contribution in [3.63, 3.8) is 0 Å². The molecule has 2 aliphatic carbocycles. The fourth-order valence-corrected chi connectivity index (χ4v) is 2.84. The predicted octanol–water partition coefficient (Wildman–Crippen LogP) is 1.82. The first-order chi connectivity index (χ1) is 8.45. The lowest BCUT2D eigenvalue weighted by atomic mass is 9.85. The van der Waals surface area contributed by atoms with Crippen molar-refractivity contribution in [2.75, 3.05) is 7.05 Å². The SMILES string of the molecule is CN(C(=O)NC1CCCC1(C)C(=O)O)C1CCC1. The summed E-state index contributed by atoms with van der Waals surface area (Å²) >= 11 is 0. The van der Waals surface area contributed by atoms with E-state index >= 15 is 0 Å². The average Bonchev–Trinajstić information content (AvgIpc) is 2.59. The molecule has 0 aromatic carbocycles. The van der Waals surface area contributed by atoms with Gasteiger partial charge in [0.1, 0.15) is 0 Å². The number of nitrogens with zero attached hydrogens (tertiary/aromatic N) is 1. The smallest absolute Gasteiger partial charge is 0.317 e. The molecule has 0 heterocycles. The lowest BCUT2D eigenvalue weighted by Gasteiger charge is -2.36. The van der Waals surface area contributed by atoms with E-state index in [0.717, 1.165) is 25.7 Å². The molecule has 0 saturated heterocycles. The van der Waals surface area contributed by atoms with Crippen molar-refractivity contribution in [1.82, 2.24) is 10.2 Å². The van der Waals surface area contributed by atoms with E-state index in [1.165, 1.54) is 6.42 Å². The van der Waals surface area contributed by atoms with Gasteiger partial charge in [-0.05, 0) is 39.0 Å². The summed E-state index contributed by atoms with van der Waals surface area (Å²) in [5.74, 6) is -0.809. The maximum atomic E-state index is 12.1. The number of carbonyl (C=O) groups is 2. The Hall–Kier alpha value is -1.26. The van der Waals surface area contributed by atoms with Crippen LogP contribution in [0, 0.1) is 5.41 Å². The summed E-state index contributed by atoms with van der Waals surface area (Å²) < 4.78 is 0. The first kappa shape index (κ1) is 13.2. The lowest BCUT2D eigenvalue weighted by Crippen LogP contribution is -2.53. The van der Waals surface area contributed by atoms with Crippen LogP contribution in [-0.2, 0) is 4.79 Å². The highest BCUT2D eigenvalue weighted by atomic mass is 16.4. The molecular weight excluding hydrogens is 232 g/mol. The molecule has 2 fully saturated rings. The second-order valence-electron chi connectivity index (χ2n) is 5.81. The molecule has 18 heavy (non-hydrogen) atoms. The van der Waals surface area contributed by atoms with Crippen LogP contribution in [0.1, 0.15) is 45.4 Å². The number of carbonyl (C=O) groups excluding carboxylic acids is 1. The Kier molecular flexibility index (Phi) is 3.50. The van der Waals surface area contributed by atoms with Crippen LogP contribution in [-0.4, -0.2) is 41.1 Å². The monoisotopic (exact) mass is 254 g/mol. The van der Waals surface area contributed by atoms with Crippen LogP contribution in [0.15, 0.2) is 0 Å². The Morgan fingerprint density at radius 3 is 2.44 bits per heavy atom. The molecule has 2 atom stereocenters. The van der Waals surface area contributed by atoms with Crippen LogP contribution in [0.2, 0.25) is 0 Å². The van der Waals surface area contributed by atoms with Crippen LogP contribution < -0.4 is 5.32 Å². The Morgan fingerprint density at radius 1 is 1.28 bits per heavy atom. The van der Waals surface area contributed by atoms with Gasteiger partial charge in [0, 0.05) is 19.1 Å². The van der Waals surface area contributed by atoms with Crippen LogP contribution in [0.5, 0.6) is 0 Å². The average molecular weight is 254 g/mol. The van der Waals surface area contributed by atoms with Gasteiger partial charge in [-0.25, -0.2) is 4.79 Å². The van der Waals surface area contributed by atoms with E-state index in [0.29, 0.717) is 12.5 Å². The zero-order valence-corrected chi connectivity index (χ0v) is 11.1. The zero-order chi connectivity index (χ0) is 13.3. The molecule has 2 rings (SSSR count). The topological polar surface area (TPSA) is 69.6 Å². The molecule has 0 aliphatic heterocycles. The van der Waals surface area contributed by atoms with Gasteiger partial charge >= 0.3 is 12.0 Å². The second-order valence-corrected chi connectivity index (χ2v) is 5.81. The van der Waals surface area contributed by atoms with Crippen LogP contribution in [0.3, 0.4) is 0 Å². The van der Waals surface area contributed by atoms with Gasteiger partial charge in [0.05, 0.1) is 5.41 Å². The molecule has 0 aromatic heterocycles. The number of hydrogen-bond acceptors (Lipinski definition) is 2. The lowest BCUT2D eigenvalue weighted by molar-refractivity contribution is -0.148. The highest BCUT2D eigenvalue weighted by Gasteiger charge is 2.46. The molecule has 102 valence electrons. The molecule has 0 spiro atoms. The molecule has 5 heteroatoms. The van der Waals surface area contributed by atoms with Gasteiger partial charge in [-0.15, -0.1) is 0 Å². The Bertz CT molecular complexity index is 354. The summed E-state index contributed by atoms with van der Waals surface area (Å²) in [5, 5.41) is 12.2. The van der Waals surface area contributed by atoms with Crippen molar-refractivity contribution >= 4 is 12.0 Å². The molecule has 2 saturated carbocycles. The van der Waals surface area contributed by atoms with E-state index in [4.69, 9.17) is 0 Å². The summed E-state index contributed by atoms with van der Waals surface area (Å²) in [5.41, 5.74) is -0.809. The number of amides is 2. The van der Waals surface area contributed by atoms with E-state index in [1.54, 1.807) is 18.9 Å². The Morgan fingerprint density at radius 2 is 1.94 bits per heavy atom. The zero-order valence-electron chi connectivity index (χ0n) is 11.1. The third-order valence-corrected chi connectivity index (χ3v) is 4.69. The molecule has 0 radical (unpaired) electrons. The largest absolute Gasteiger partial charge is 0.481 e. The summed E-state index contributed by atoms with van der Waals surface area (Å²) in [4.78, 5) is 25.1. The van der Waals surface area contributed by atoms with Gasteiger partial charge in [0.2, 0.25) is 0 Å². The standard InChI is InChI=1S/C13H22N2O3/c1-13(11(16)17)8-4-7-10(13)14-12(18)15(2)9-5-3-6-9/h9-10H,3-8H2,1-2H3,(H,14,18)(H,16,17). The van der Waals surface area contributed by atoms with E-state index < -0.39 is 11.4 Å². The maximum Gasteiger partial charge on any atom is 0.317 e. The fourth-order valence-electron chi connectivity index (χ4n) is 2.84. The van der Waals surface area contributed by atoms with Crippen molar-refractivity contribution < 1.29 is 14.7 Å². The predicted molar refractivity (Wildman–Crippen MR) is 67.3 cm³/mol. The third kappa shape index (κ3) is 2.18. The quantitative estimate of drug-likeness (QED) is 0.807. The van der Waals surface area contributed by atoms with Crippen LogP contribution >= 0.6 is 0 Å². The molecule has 2 aliphatic rings. The highest BCUT2D eigenvalue weighted by molar-refractivity contribution is 5.79. The van der Waals surface area contributed by atoms with Crippen molar-refractivity contribution in [2.24, 2.45) is 5.41 Å². The minimum absolute atomic E-state index is 0.126. The van der Waals surface area contributed by atoms with Gasteiger partial charge in [0.25, 0.3) is 0 Å². The van der Waals surface area contributed by atoms with E-state index in [9.17, 15) is 14.7 Å². The number of carboxylic acid groups (broad SMARTS) is 1. The van der Waals surface area contributed by atoms with Gasteiger partial charge < -0.3 is 15.3 Å². The first-order valence-corrected chi connectivity index (χ1v) is 6.72. The van der Waals surface area contributed by atoms with Crippen LogP contribution in [0.4, 0.5) is 4.79 Å². The van der Waals surface area contributed by atoms with Gasteiger partial charge in [-0.1, -0.05) is 6.42 Å². The Labute approximate surface area is 108 Å². The van der Waals surface area contributed by atoms with E-state index in [2.05, 4.69) is 5.32 Å². The number of urea groups is 1. The normalized spacial score (nSPS) is 31.8. The summed E-state index contributed by atoms with van der Waals surface area (Å²) in [6, 6.07) is -0.0356. The molecule has 0 aromatic rings. The number of hydrogen-bond donors (Lipinski definition) is 2. The van der Waals surface area contributed by atoms with Crippen molar-refractivity contribution in [1.29, 1.82) is 0 Å². The Balaban J connectivity index is 1.95. The fraction of sp³-hybridized carbons (Fsp3) is 0.846. The molecule has 2 unspecified atom stereocenters. The van der Waals surface area contributed by atoms with Gasteiger partial charge in [-0.3, -0.25) is 4.79 Å². The summed E-state index contributed by atoms with van der Waals surface area (Å²) in [6.45, 7) is 1.73. The number of rotatable bonds is 3. The van der Waals surface area contributed by atoms with Crippen molar-refractivity contribution in [2.45, 2.75) is 57.5 Å². The number of carboxylic acids is 1. The number of nitrogens with one attached hydrogen (secondary N) is 1. The third-order valence-electron chi connectivity index (χ3n) is 4.69. The van der Waals surface area contributed by atoms with Gasteiger partial charge in [0.15, 0.2) is 0 Å². The molecule has 2 amide bonds.